The number of aryl methyl sites for hydroxylation is 1. The molecule has 0 aliphatic carbocycles. The maximum absolute atomic E-state index is 6.13. The van der Waals surface area contributed by atoms with Crippen molar-refractivity contribution in [2.45, 2.75) is 19.9 Å². The van der Waals surface area contributed by atoms with Gasteiger partial charge in [-0.2, -0.15) is 0 Å². The summed E-state index contributed by atoms with van der Waals surface area (Å²) in [5.74, 6) is 0. The highest BCUT2D eigenvalue weighted by atomic mass is 35.5. The molecule has 0 amide bonds. The van der Waals surface area contributed by atoms with E-state index in [1.807, 2.05) is 26.0 Å². The van der Waals surface area contributed by atoms with Crippen molar-refractivity contribution in [2.24, 2.45) is 5.73 Å². The lowest BCUT2D eigenvalue weighted by Crippen LogP contribution is -2.04. The molecule has 0 bridgehead atoms. The first-order valence-corrected chi connectivity index (χ1v) is 6.08. The van der Waals surface area contributed by atoms with Crippen molar-refractivity contribution in [3.63, 3.8) is 0 Å². The molecule has 1 nitrogen and oxygen atoms in total. The SMILES string of the molecule is Cc1ccc(-c2ccc(C(C)N)cc2)cc1Cl. The van der Waals surface area contributed by atoms with Gasteiger partial charge >= 0.3 is 0 Å². The van der Waals surface area contributed by atoms with Crippen molar-refractivity contribution in [1.82, 2.24) is 0 Å². The summed E-state index contributed by atoms with van der Waals surface area (Å²) in [6.45, 7) is 3.99. The Kier molecular flexibility index (Phi) is 3.51. The third kappa shape index (κ3) is 2.68. The average Bonchev–Trinajstić information content (AvgIpc) is 2.33. The standard InChI is InChI=1S/C15H16ClN/c1-10-3-4-14(9-15(10)16)13-7-5-12(6-8-13)11(2)17/h3-9,11H,17H2,1-2H3. The van der Waals surface area contributed by atoms with E-state index in [9.17, 15) is 0 Å². The number of hydrogen-bond donors (Lipinski definition) is 1. The lowest BCUT2D eigenvalue weighted by molar-refractivity contribution is 0.818. The molecule has 0 saturated carbocycles. The number of benzene rings is 2. The molecule has 2 N–H and O–H groups in total. The highest BCUT2D eigenvalue weighted by Gasteiger charge is 2.02. The Labute approximate surface area is 107 Å². The van der Waals surface area contributed by atoms with Gasteiger partial charge in [-0.15, -0.1) is 0 Å². The lowest BCUT2D eigenvalue weighted by Gasteiger charge is -2.08. The normalized spacial score (nSPS) is 12.5. The van der Waals surface area contributed by atoms with Gasteiger partial charge in [0, 0.05) is 11.1 Å². The molecule has 0 aliphatic rings. The second kappa shape index (κ2) is 4.91. The van der Waals surface area contributed by atoms with Crippen LogP contribution in [-0.2, 0) is 0 Å². The van der Waals surface area contributed by atoms with Crippen LogP contribution in [-0.4, -0.2) is 0 Å². The second-order valence-corrected chi connectivity index (χ2v) is 4.78. The maximum Gasteiger partial charge on any atom is 0.0441 e. The first kappa shape index (κ1) is 12.2. The first-order valence-electron chi connectivity index (χ1n) is 5.70. The number of rotatable bonds is 2. The molecular formula is C15H16ClN. The molecule has 2 aromatic carbocycles. The molecule has 17 heavy (non-hydrogen) atoms. The molecular weight excluding hydrogens is 230 g/mol. The Morgan fingerprint density at radius 3 is 2.12 bits per heavy atom. The molecule has 1 unspecified atom stereocenters. The molecule has 0 saturated heterocycles. The zero-order valence-electron chi connectivity index (χ0n) is 10.1. The minimum absolute atomic E-state index is 0.0747. The smallest absolute Gasteiger partial charge is 0.0441 e. The van der Waals surface area contributed by atoms with Crippen molar-refractivity contribution in [3.8, 4) is 11.1 Å². The van der Waals surface area contributed by atoms with Gasteiger partial charge in [0.05, 0.1) is 0 Å². The fourth-order valence-electron chi connectivity index (χ4n) is 1.75. The van der Waals surface area contributed by atoms with Crippen LogP contribution < -0.4 is 5.73 Å². The molecule has 0 aliphatic heterocycles. The molecule has 2 aromatic rings. The minimum atomic E-state index is 0.0747. The van der Waals surface area contributed by atoms with Crippen LogP contribution in [0.25, 0.3) is 11.1 Å². The molecule has 0 aromatic heterocycles. The van der Waals surface area contributed by atoms with Gasteiger partial charge in [0.25, 0.3) is 0 Å². The predicted octanol–water partition coefficient (Wildman–Crippen LogP) is 4.34. The summed E-state index contributed by atoms with van der Waals surface area (Å²) in [6.07, 6.45) is 0. The van der Waals surface area contributed by atoms with Gasteiger partial charge < -0.3 is 5.73 Å². The summed E-state index contributed by atoms with van der Waals surface area (Å²) in [5, 5.41) is 0.804. The van der Waals surface area contributed by atoms with Gasteiger partial charge in [0.1, 0.15) is 0 Å². The van der Waals surface area contributed by atoms with Crippen LogP contribution in [0.3, 0.4) is 0 Å². The van der Waals surface area contributed by atoms with Crippen LogP contribution in [0.5, 0.6) is 0 Å². The van der Waals surface area contributed by atoms with Crippen molar-refractivity contribution >= 4 is 11.6 Å². The van der Waals surface area contributed by atoms with Gasteiger partial charge in [-0.05, 0) is 42.2 Å². The molecule has 0 fully saturated rings. The lowest BCUT2D eigenvalue weighted by atomic mass is 10.0. The monoisotopic (exact) mass is 245 g/mol. The van der Waals surface area contributed by atoms with E-state index in [4.69, 9.17) is 17.3 Å². The van der Waals surface area contributed by atoms with E-state index in [-0.39, 0.29) is 6.04 Å². The van der Waals surface area contributed by atoms with Crippen molar-refractivity contribution in [3.05, 3.63) is 58.6 Å². The number of nitrogens with two attached hydrogens (primary N) is 1. The molecule has 88 valence electrons. The van der Waals surface area contributed by atoms with E-state index in [1.165, 1.54) is 0 Å². The molecule has 1 atom stereocenters. The average molecular weight is 246 g/mol. The molecule has 2 rings (SSSR count). The second-order valence-electron chi connectivity index (χ2n) is 4.37. The Balaban J connectivity index is 2.36. The van der Waals surface area contributed by atoms with Crippen LogP contribution in [0.15, 0.2) is 42.5 Å². The maximum atomic E-state index is 6.13. The summed E-state index contributed by atoms with van der Waals surface area (Å²) in [7, 11) is 0. The Morgan fingerprint density at radius 1 is 1.00 bits per heavy atom. The van der Waals surface area contributed by atoms with Crippen LogP contribution >= 0.6 is 11.6 Å². The van der Waals surface area contributed by atoms with E-state index in [0.29, 0.717) is 0 Å². The Bertz CT molecular complexity index is 515. The van der Waals surface area contributed by atoms with E-state index < -0.39 is 0 Å². The van der Waals surface area contributed by atoms with E-state index in [0.717, 1.165) is 27.3 Å². The molecule has 0 heterocycles. The largest absolute Gasteiger partial charge is 0.324 e. The Morgan fingerprint density at radius 2 is 1.59 bits per heavy atom. The molecule has 0 radical (unpaired) electrons. The van der Waals surface area contributed by atoms with Crippen LogP contribution in [0.2, 0.25) is 5.02 Å². The molecule has 2 heteroatoms. The third-order valence-electron chi connectivity index (χ3n) is 2.94. The zero-order valence-corrected chi connectivity index (χ0v) is 10.8. The van der Waals surface area contributed by atoms with E-state index in [1.54, 1.807) is 0 Å². The number of hydrogen-bond acceptors (Lipinski definition) is 1. The van der Waals surface area contributed by atoms with Gasteiger partial charge in [-0.1, -0.05) is 48.0 Å². The summed E-state index contributed by atoms with van der Waals surface area (Å²) < 4.78 is 0. The van der Waals surface area contributed by atoms with Gasteiger partial charge in [0.2, 0.25) is 0 Å². The number of halogens is 1. The first-order chi connectivity index (χ1) is 8.08. The zero-order chi connectivity index (χ0) is 12.4. The summed E-state index contributed by atoms with van der Waals surface area (Å²) in [5.41, 5.74) is 10.4. The van der Waals surface area contributed by atoms with Crippen LogP contribution in [0.1, 0.15) is 24.1 Å². The third-order valence-corrected chi connectivity index (χ3v) is 3.35. The van der Waals surface area contributed by atoms with Gasteiger partial charge in [0.15, 0.2) is 0 Å². The topological polar surface area (TPSA) is 26.0 Å². The summed E-state index contributed by atoms with van der Waals surface area (Å²) >= 11 is 6.13. The highest BCUT2D eigenvalue weighted by molar-refractivity contribution is 6.31. The van der Waals surface area contributed by atoms with E-state index in [2.05, 4.69) is 30.3 Å². The van der Waals surface area contributed by atoms with Gasteiger partial charge in [-0.25, -0.2) is 0 Å². The predicted molar refractivity (Wildman–Crippen MR) is 74.2 cm³/mol. The van der Waals surface area contributed by atoms with Gasteiger partial charge in [-0.3, -0.25) is 0 Å². The fourth-order valence-corrected chi connectivity index (χ4v) is 1.93. The highest BCUT2D eigenvalue weighted by Crippen LogP contribution is 2.26. The fraction of sp³-hybridized carbons (Fsp3) is 0.200. The van der Waals surface area contributed by atoms with Crippen molar-refractivity contribution in [1.29, 1.82) is 0 Å². The quantitative estimate of drug-likeness (QED) is 0.837. The summed E-state index contributed by atoms with van der Waals surface area (Å²) in [4.78, 5) is 0. The van der Waals surface area contributed by atoms with E-state index >= 15 is 0 Å². The minimum Gasteiger partial charge on any atom is -0.324 e. The summed E-state index contributed by atoms with van der Waals surface area (Å²) in [6, 6.07) is 14.5. The van der Waals surface area contributed by atoms with Crippen molar-refractivity contribution in [2.75, 3.05) is 0 Å². The van der Waals surface area contributed by atoms with Crippen LogP contribution in [0, 0.1) is 6.92 Å². The van der Waals surface area contributed by atoms with Crippen molar-refractivity contribution < 1.29 is 0 Å². The Hall–Kier alpha value is -1.31. The molecule has 0 spiro atoms. The van der Waals surface area contributed by atoms with Crippen LogP contribution in [0.4, 0.5) is 0 Å².